The molecule has 0 radical (unpaired) electrons. The summed E-state index contributed by atoms with van der Waals surface area (Å²) in [6, 6.07) is 8.57. The summed E-state index contributed by atoms with van der Waals surface area (Å²) < 4.78 is 2.05. The van der Waals surface area contributed by atoms with Gasteiger partial charge in [0.1, 0.15) is 0 Å². The highest BCUT2D eigenvalue weighted by Gasteiger charge is 2.24. The lowest BCUT2D eigenvalue weighted by molar-refractivity contribution is 0.111. The van der Waals surface area contributed by atoms with Crippen LogP contribution in [0.4, 0.5) is 0 Å². The van der Waals surface area contributed by atoms with Crippen LogP contribution in [0, 0.1) is 36.5 Å². The van der Waals surface area contributed by atoms with Gasteiger partial charge in [0.25, 0.3) is 0 Å². The molecule has 46 heavy (non-hydrogen) atoms. The molecule has 238 valence electrons. The molecule has 2 atom stereocenters. The normalized spacial score (nSPS) is 12.7. The number of rotatable bonds is 16. The molecule has 0 spiro atoms. The van der Waals surface area contributed by atoms with Gasteiger partial charge < -0.3 is 0 Å². The van der Waals surface area contributed by atoms with Gasteiger partial charge in [-0.1, -0.05) is 90.9 Å². The van der Waals surface area contributed by atoms with Crippen LogP contribution >= 0.6 is 45.3 Å². The summed E-state index contributed by atoms with van der Waals surface area (Å²) in [5.74, 6) is 7.24. The van der Waals surface area contributed by atoms with E-state index < -0.39 is 0 Å². The van der Waals surface area contributed by atoms with Crippen molar-refractivity contribution in [1.29, 1.82) is 0 Å². The second kappa shape index (κ2) is 15.7. The maximum absolute atomic E-state index is 11.9. The molecule has 6 heteroatoms. The van der Waals surface area contributed by atoms with Gasteiger partial charge in [0.05, 0.1) is 30.3 Å². The van der Waals surface area contributed by atoms with Gasteiger partial charge in [-0.05, 0) is 60.1 Å². The highest BCUT2D eigenvalue weighted by molar-refractivity contribution is 7.28. The average Bonchev–Trinajstić information content (AvgIpc) is 3.88. The van der Waals surface area contributed by atoms with Crippen molar-refractivity contribution in [3.63, 3.8) is 0 Å². The molecule has 0 aliphatic rings. The van der Waals surface area contributed by atoms with Crippen molar-refractivity contribution in [2.75, 3.05) is 0 Å². The number of carbonyl (C=O) groups is 2. The summed E-state index contributed by atoms with van der Waals surface area (Å²) in [5, 5.41) is 2.01. The minimum Gasteiger partial charge on any atom is -0.297 e. The highest BCUT2D eigenvalue weighted by atomic mass is 32.1. The van der Waals surface area contributed by atoms with Crippen LogP contribution in [0.1, 0.15) is 121 Å². The first kappa shape index (κ1) is 34.3. The molecule has 2 nitrogen and oxygen atoms in total. The van der Waals surface area contributed by atoms with Gasteiger partial charge >= 0.3 is 0 Å². The predicted octanol–water partition coefficient (Wildman–Crippen LogP) is 12.7. The number of aldehydes is 2. The molecule has 0 aliphatic carbocycles. The van der Waals surface area contributed by atoms with Crippen LogP contribution < -0.4 is 0 Å². The van der Waals surface area contributed by atoms with Crippen molar-refractivity contribution >= 4 is 78.1 Å². The van der Waals surface area contributed by atoms with E-state index in [1.807, 2.05) is 0 Å². The summed E-state index contributed by atoms with van der Waals surface area (Å²) >= 11 is 6.52. The van der Waals surface area contributed by atoms with Crippen LogP contribution in [0.25, 0.3) is 39.7 Å². The van der Waals surface area contributed by atoms with Crippen molar-refractivity contribution in [1.82, 2.24) is 0 Å². The SMILES string of the molecule is C#Cc1c2cc(-c3sc(C=O)cc3CC(CC)CCCC)sc2c(C#C)c2cc(-c3sc(C=O)cc3CC(CC)CCCC)sc12. The van der Waals surface area contributed by atoms with Gasteiger partial charge in [-0.2, -0.15) is 0 Å². The summed E-state index contributed by atoms with van der Waals surface area (Å²) in [5.41, 5.74) is 4.23. The fourth-order valence-corrected chi connectivity index (χ4v) is 11.2. The number of benzene rings is 1. The fourth-order valence-electron chi connectivity index (χ4n) is 6.53. The number of unbranched alkanes of at least 4 members (excludes halogenated alkanes) is 2. The number of hydrogen-bond acceptors (Lipinski definition) is 6. The molecule has 0 saturated heterocycles. The molecule has 4 heterocycles. The van der Waals surface area contributed by atoms with Gasteiger partial charge in [-0.3, -0.25) is 9.59 Å². The number of thiophene rings is 4. The first-order valence-electron chi connectivity index (χ1n) is 16.6. The Labute approximate surface area is 290 Å². The lowest BCUT2D eigenvalue weighted by atomic mass is 9.92. The first-order valence-corrected chi connectivity index (χ1v) is 19.8. The highest BCUT2D eigenvalue weighted by Crippen LogP contribution is 2.49. The molecule has 0 aliphatic heterocycles. The summed E-state index contributed by atoms with van der Waals surface area (Å²) in [4.78, 5) is 29.8. The maximum atomic E-state index is 11.9. The third-order valence-corrected chi connectivity index (χ3v) is 14.1. The molecular formula is C40H42O2S4. The Kier molecular flexibility index (Phi) is 11.7. The summed E-state index contributed by atoms with van der Waals surface area (Å²) in [6.45, 7) is 9.00. The van der Waals surface area contributed by atoms with Crippen LogP contribution in [0.15, 0.2) is 24.3 Å². The van der Waals surface area contributed by atoms with E-state index in [1.54, 1.807) is 45.3 Å². The maximum Gasteiger partial charge on any atom is 0.160 e. The third kappa shape index (κ3) is 6.97. The van der Waals surface area contributed by atoms with Gasteiger partial charge in [0.2, 0.25) is 0 Å². The standard InChI is InChI=1S/C40H42O2S4/c1-7-13-15-25(9-3)17-27-19-29(23-41)43-37(27)35-21-33-31(11-5)40-34(32(12-6)39(33)45-35)22-36(46-40)38-28(20-30(24-42)44-38)18-26(10-4)16-14-8-2/h5-6,19-26H,7-10,13-18H2,1-4H3. The largest absolute Gasteiger partial charge is 0.297 e. The molecule has 5 aromatic rings. The lowest BCUT2D eigenvalue weighted by Crippen LogP contribution is -2.03. The monoisotopic (exact) mass is 682 g/mol. The van der Waals surface area contributed by atoms with Crippen molar-refractivity contribution in [2.24, 2.45) is 11.8 Å². The van der Waals surface area contributed by atoms with E-state index in [1.165, 1.54) is 49.7 Å². The zero-order chi connectivity index (χ0) is 32.8. The molecular weight excluding hydrogens is 641 g/mol. The Morgan fingerprint density at radius 3 is 1.39 bits per heavy atom. The molecule has 0 saturated carbocycles. The molecule has 0 fully saturated rings. The zero-order valence-electron chi connectivity index (χ0n) is 27.3. The van der Waals surface area contributed by atoms with E-state index in [9.17, 15) is 9.59 Å². The zero-order valence-corrected chi connectivity index (χ0v) is 30.6. The van der Waals surface area contributed by atoms with Gasteiger partial charge in [0, 0.05) is 30.3 Å². The second-order valence-electron chi connectivity index (χ2n) is 12.2. The van der Waals surface area contributed by atoms with Crippen LogP contribution in [0.2, 0.25) is 0 Å². The van der Waals surface area contributed by atoms with E-state index in [2.05, 4.69) is 63.8 Å². The second-order valence-corrected chi connectivity index (χ2v) is 16.5. The summed E-state index contributed by atoms with van der Waals surface area (Å²) in [6.07, 6.45) is 25.9. The lowest BCUT2D eigenvalue weighted by Gasteiger charge is -2.14. The number of fused-ring (bicyclic) bond motifs is 2. The van der Waals surface area contributed by atoms with Crippen molar-refractivity contribution < 1.29 is 9.59 Å². The van der Waals surface area contributed by atoms with Gasteiger partial charge in [-0.15, -0.1) is 58.2 Å². The Balaban J connectivity index is 1.63. The van der Waals surface area contributed by atoms with E-state index in [0.717, 1.165) is 98.8 Å². The number of carbonyl (C=O) groups excluding carboxylic acids is 2. The fraction of sp³-hybridized carbons (Fsp3) is 0.400. The van der Waals surface area contributed by atoms with Crippen LogP contribution in [-0.4, -0.2) is 12.6 Å². The van der Waals surface area contributed by atoms with Crippen molar-refractivity contribution in [3.8, 4) is 44.2 Å². The van der Waals surface area contributed by atoms with Crippen molar-refractivity contribution in [3.05, 3.63) is 56.3 Å². The molecule has 0 amide bonds. The average molecular weight is 683 g/mol. The molecule has 1 aromatic carbocycles. The van der Waals surface area contributed by atoms with Crippen LogP contribution in [0.5, 0.6) is 0 Å². The van der Waals surface area contributed by atoms with E-state index in [4.69, 9.17) is 12.8 Å². The number of hydrogen-bond donors (Lipinski definition) is 0. The Bertz CT molecular complexity index is 1740. The molecule has 2 unspecified atom stereocenters. The molecule has 0 bridgehead atoms. The molecule has 4 aromatic heterocycles. The molecule has 5 rings (SSSR count). The van der Waals surface area contributed by atoms with E-state index in [0.29, 0.717) is 11.8 Å². The Morgan fingerprint density at radius 2 is 1.07 bits per heavy atom. The van der Waals surface area contributed by atoms with Gasteiger partial charge in [0.15, 0.2) is 12.6 Å². The van der Waals surface area contributed by atoms with Crippen LogP contribution in [0.3, 0.4) is 0 Å². The van der Waals surface area contributed by atoms with E-state index >= 15 is 0 Å². The first-order chi connectivity index (χ1) is 22.4. The Hall–Kier alpha value is -3.00. The van der Waals surface area contributed by atoms with Gasteiger partial charge in [-0.25, -0.2) is 0 Å². The molecule has 0 N–H and O–H groups in total. The summed E-state index contributed by atoms with van der Waals surface area (Å²) in [7, 11) is 0. The minimum absolute atomic E-state index is 0.592. The van der Waals surface area contributed by atoms with E-state index in [-0.39, 0.29) is 0 Å². The predicted molar refractivity (Wildman–Crippen MR) is 204 cm³/mol. The minimum atomic E-state index is 0.592. The quantitative estimate of drug-likeness (QED) is 0.0767. The number of terminal acetylenes is 2. The Morgan fingerprint density at radius 1 is 0.652 bits per heavy atom. The third-order valence-electron chi connectivity index (χ3n) is 9.19. The topological polar surface area (TPSA) is 34.1 Å². The van der Waals surface area contributed by atoms with Crippen molar-refractivity contribution in [2.45, 2.75) is 91.9 Å². The smallest absolute Gasteiger partial charge is 0.160 e. The van der Waals surface area contributed by atoms with Crippen LogP contribution in [-0.2, 0) is 12.8 Å².